The summed E-state index contributed by atoms with van der Waals surface area (Å²) in [4.78, 5) is 27.0. The summed E-state index contributed by atoms with van der Waals surface area (Å²) >= 11 is 0. The number of benzene rings is 1. The largest absolute Gasteiger partial charge is 0.495 e. The molecule has 1 N–H and O–H groups in total. The van der Waals surface area contributed by atoms with Crippen molar-refractivity contribution in [3.05, 3.63) is 65.5 Å². The molecule has 2 aromatic rings. The van der Waals surface area contributed by atoms with Crippen LogP contribution in [0.4, 0.5) is 24.5 Å². The third-order valence-electron chi connectivity index (χ3n) is 7.29. The number of alkyl halides is 3. The fourth-order valence-corrected chi connectivity index (χ4v) is 5.38. The van der Waals surface area contributed by atoms with Crippen LogP contribution in [-0.2, 0) is 11.0 Å². The minimum absolute atomic E-state index is 0.0288. The fraction of sp³-hybridized carbons (Fsp3) is 0.414. The van der Waals surface area contributed by atoms with Gasteiger partial charge in [0, 0.05) is 43.6 Å². The quantitative estimate of drug-likeness (QED) is 0.505. The number of nitrogens with zero attached hydrogens (tertiary/aromatic N) is 5. The van der Waals surface area contributed by atoms with E-state index in [-0.39, 0.29) is 23.9 Å². The van der Waals surface area contributed by atoms with E-state index < -0.39 is 23.8 Å². The predicted octanol–water partition coefficient (Wildman–Crippen LogP) is 5.20. The molecule has 1 fully saturated rings. The Morgan fingerprint density at radius 3 is 2.46 bits per heavy atom. The highest BCUT2D eigenvalue weighted by Gasteiger charge is 2.41. The highest BCUT2D eigenvalue weighted by atomic mass is 19.4. The van der Waals surface area contributed by atoms with Gasteiger partial charge in [-0.3, -0.25) is 4.79 Å². The predicted molar refractivity (Wildman–Crippen MR) is 151 cm³/mol. The molecule has 0 amide bonds. The molecule has 2 aliphatic heterocycles. The lowest BCUT2D eigenvalue weighted by molar-refractivity contribution is -0.138. The number of piperazine rings is 1. The zero-order valence-electron chi connectivity index (χ0n) is 23.6. The van der Waals surface area contributed by atoms with Crippen LogP contribution in [0.25, 0.3) is 0 Å². The van der Waals surface area contributed by atoms with Gasteiger partial charge in [0.05, 0.1) is 43.6 Å². The van der Waals surface area contributed by atoms with Crippen molar-refractivity contribution in [1.29, 1.82) is 0 Å². The molecular formula is C29H34F3N5O4. The second-order valence-corrected chi connectivity index (χ2v) is 9.74. The summed E-state index contributed by atoms with van der Waals surface area (Å²) in [7, 11) is 2.92. The molecule has 0 saturated carbocycles. The molecule has 4 rings (SSSR count). The first-order valence-corrected chi connectivity index (χ1v) is 13.2. The van der Waals surface area contributed by atoms with Gasteiger partial charge in [-0.05, 0) is 50.6 Å². The van der Waals surface area contributed by atoms with Crippen molar-refractivity contribution in [2.45, 2.75) is 45.5 Å². The van der Waals surface area contributed by atoms with Gasteiger partial charge in [-0.2, -0.15) is 13.2 Å². The lowest BCUT2D eigenvalue weighted by Crippen LogP contribution is -2.60. The van der Waals surface area contributed by atoms with Crippen molar-refractivity contribution in [2.24, 2.45) is 4.99 Å². The Morgan fingerprint density at radius 1 is 1.12 bits per heavy atom. The zero-order chi connectivity index (χ0) is 29.9. The molecule has 9 nitrogen and oxygen atoms in total. The molecule has 220 valence electrons. The van der Waals surface area contributed by atoms with Gasteiger partial charge in [0.25, 0.3) is 0 Å². The Kier molecular flexibility index (Phi) is 8.79. The number of ether oxygens (including phenoxy) is 2. The van der Waals surface area contributed by atoms with E-state index >= 15 is 0 Å². The fourth-order valence-electron chi connectivity index (χ4n) is 5.38. The topological polar surface area (TPSA) is 90.7 Å². The van der Waals surface area contributed by atoms with Gasteiger partial charge in [0.2, 0.25) is 11.8 Å². The number of carboxylic acids is 1. The van der Waals surface area contributed by atoms with Crippen molar-refractivity contribution in [1.82, 2.24) is 9.88 Å². The summed E-state index contributed by atoms with van der Waals surface area (Å²) in [5.74, 6) is -0.0565. The van der Waals surface area contributed by atoms with Gasteiger partial charge in [-0.25, -0.2) is 9.98 Å². The minimum Gasteiger partial charge on any atom is -0.495 e. The number of methoxy groups -OCH3 is 2. The molecule has 0 aliphatic carbocycles. The number of allylic oxidation sites excluding steroid dienone is 2. The molecule has 2 aliphatic rings. The number of rotatable bonds is 6. The summed E-state index contributed by atoms with van der Waals surface area (Å²) in [6.07, 6.45) is 0.247. The highest BCUT2D eigenvalue weighted by Crippen LogP contribution is 2.42. The van der Waals surface area contributed by atoms with Gasteiger partial charge in [0.15, 0.2) is 0 Å². The maximum absolute atomic E-state index is 13.9. The smallest absolute Gasteiger partial charge is 0.416 e. The number of hydrogen-bond donors (Lipinski definition) is 1. The molecule has 0 unspecified atom stereocenters. The van der Waals surface area contributed by atoms with Crippen molar-refractivity contribution in [3.63, 3.8) is 0 Å². The number of carboxylic acid groups (broad SMARTS) is 1. The zero-order valence-corrected chi connectivity index (χ0v) is 23.6. The van der Waals surface area contributed by atoms with Crippen LogP contribution in [0.15, 0.2) is 64.9 Å². The third kappa shape index (κ3) is 6.10. The van der Waals surface area contributed by atoms with E-state index in [0.29, 0.717) is 42.7 Å². The maximum atomic E-state index is 13.9. The highest BCUT2D eigenvalue weighted by molar-refractivity contribution is 6.02. The number of hydrogen-bond acceptors (Lipinski definition) is 8. The second-order valence-electron chi connectivity index (χ2n) is 9.74. The molecule has 0 spiro atoms. The maximum Gasteiger partial charge on any atom is 0.416 e. The normalized spacial score (nSPS) is 21.8. The number of carbonyl (C=O) groups is 1. The SMILES string of the molecule is C/C=C1\C(=C/C)N=C(N2CCN(c3ccnc(OC)c3)[C@H](C)C2)N(c2cc(C(F)(F)F)ccc2OC)[C@@H]1CC(=O)O. The van der Waals surface area contributed by atoms with E-state index in [1.54, 1.807) is 44.2 Å². The molecule has 41 heavy (non-hydrogen) atoms. The van der Waals surface area contributed by atoms with E-state index in [9.17, 15) is 23.1 Å². The van der Waals surface area contributed by atoms with Crippen LogP contribution in [0.2, 0.25) is 0 Å². The van der Waals surface area contributed by atoms with Crippen LogP contribution in [0.1, 0.15) is 32.8 Å². The number of aromatic nitrogens is 1. The monoisotopic (exact) mass is 573 g/mol. The number of pyridine rings is 1. The Bertz CT molecular complexity index is 1370. The van der Waals surface area contributed by atoms with Gasteiger partial charge in [-0.1, -0.05) is 12.2 Å². The van der Waals surface area contributed by atoms with E-state index in [1.165, 1.54) is 13.2 Å². The van der Waals surface area contributed by atoms with Crippen LogP contribution in [0.3, 0.4) is 0 Å². The van der Waals surface area contributed by atoms with Gasteiger partial charge in [-0.15, -0.1) is 0 Å². The summed E-state index contributed by atoms with van der Waals surface area (Å²) in [5, 5.41) is 9.90. The van der Waals surface area contributed by atoms with Crippen LogP contribution in [0, 0.1) is 0 Å². The summed E-state index contributed by atoms with van der Waals surface area (Å²) in [5.41, 5.74) is 1.33. The van der Waals surface area contributed by atoms with E-state index in [2.05, 4.69) is 9.88 Å². The number of anilines is 2. The number of aliphatic carboxylic acids is 1. The van der Waals surface area contributed by atoms with Crippen LogP contribution < -0.4 is 19.3 Å². The minimum atomic E-state index is -4.61. The molecule has 0 bridgehead atoms. The Morgan fingerprint density at radius 2 is 1.88 bits per heavy atom. The van der Waals surface area contributed by atoms with Gasteiger partial charge >= 0.3 is 12.1 Å². The van der Waals surface area contributed by atoms with Gasteiger partial charge < -0.3 is 29.3 Å². The standard InChI is InChI=1S/C29H34F3N5O4/c1-6-21-22(7-2)34-28(35-12-13-36(18(3)17-35)20-10-11-33-26(15-20)41-5)37(23(21)16-27(38)39)24-14-19(29(30,31)32)8-9-25(24)40-4/h6-11,14-15,18,23H,12-13,16-17H2,1-5H3,(H,38,39)/b21-6+,22-7+/t18-,23-/m1/s1. The number of aliphatic imine (C=N–C) groups is 1. The van der Waals surface area contributed by atoms with Crippen LogP contribution >= 0.6 is 0 Å². The first-order valence-electron chi connectivity index (χ1n) is 13.2. The third-order valence-corrected chi connectivity index (χ3v) is 7.29. The number of halogens is 3. The lowest BCUT2D eigenvalue weighted by Gasteiger charge is -2.48. The van der Waals surface area contributed by atoms with Crippen LogP contribution in [0.5, 0.6) is 11.6 Å². The van der Waals surface area contributed by atoms with E-state index in [0.717, 1.165) is 17.8 Å². The first-order chi connectivity index (χ1) is 19.5. The molecule has 1 aromatic carbocycles. The van der Waals surface area contributed by atoms with Crippen molar-refractivity contribution in [2.75, 3.05) is 43.7 Å². The molecule has 1 saturated heterocycles. The van der Waals surface area contributed by atoms with Crippen LogP contribution in [-0.4, -0.2) is 72.9 Å². The average Bonchev–Trinajstić information content (AvgIpc) is 2.95. The molecule has 2 atom stereocenters. The summed E-state index contributed by atoms with van der Waals surface area (Å²) in [6, 6.07) is 6.10. The molecular weight excluding hydrogens is 539 g/mol. The van der Waals surface area contributed by atoms with Crippen molar-refractivity contribution >= 4 is 23.3 Å². The second kappa shape index (κ2) is 12.1. The first kappa shape index (κ1) is 29.8. The average molecular weight is 574 g/mol. The summed E-state index contributed by atoms with van der Waals surface area (Å²) < 4.78 is 52.4. The van der Waals surface area contributed by atoms with E-state index in [4.69, 9.17) is 14.5 Å². The Hall–Kier alpha value is -4.22. The Labute approximate surface area is 237 Å². The lowest BCUT2D eigenvalue weighted by atomic mass is 9.95. The van der Waals surface area contributed by atoms with Crippen molar-refractivity contribution < 1.29 is 32.5 Å². The van der Waals surface area contributed by atoms with E-state index in [1.807, 2.05) is 24.0 Å². The number of guanidine groups is 1. The Balaban J connectivity index is 1.83. The van der Waals surface area contributed by atoms with Gasteiger partial charge in [0.1, 0.15) is 5.75 Å². The molecule has 12 heteroatoms. The molecule has 1 aromatic heterocycles. The van der Waals surface area contributed by atoms with Crippen molar-refractivity contribution in [3.8, 4) is 11.6 Å². The molecule has 3 heterocycles. The summed E-state index contributed by atoms with van der Waals surface area (Å²) in [6.45, 7) is 7.14. The molecule has 0 radical (unpaired) electrons.